The average Bonchev–Trinajstić information content (AvgIpc) is 2.67. The number of ether oxygens (including phenoxy) is 2. The summed E-state index contributed by atoms with van der Waals surface area (Å²) in [6.45, 7) is 0. The molecule has 2 aromatic carbocycles. The summed E-state index contributed by atoms with van der Waals surface area (Å²) in [7, 11) is 3.07. The first kappa shape index (κ1) is 17.2. The van der Waals surface area contributed by atoms with Gasteiger partial charge in [0.05, 0.1) is 30.9 Å². The van der Waals surface area contributed by atoms with Gasteiger partial charge in [0, 0.05) is 6.20 Å². The van der Waals surface area contributed by atoms with Crippen LogP contribution in [0.2, 0.25) is 0 Å². The standard InChI is InChI=1S/C19H18N4O3/c1-25-14-8-9-15(26-2)17-16(14)13(10-11-21-17)18(24)23-19(20)22-12-6-4-3-5-7-12/h3-11H,1-2H3,(H3,20,22,23,24). The first-order valence-corrected chi connectivity index (χ1v) is 7.84. The molecule has 0 saturated carbocycles. The van der Waals surface area contributed by atoms with Gasteiger partial charge in [-0.2, -0.15) is 0 Å². The van der Waals surface area contributed by atoms with Crippen LogP contribution in [0.25, 0.3) is 10.9 Å². The van der Waals surface area contributed by atoms with Crippen molar-refractivity contribution < 1.29 is 14.3 Å². The van der Waals surface area contributed by atoms with E-state index in [0.29, 0.717) is 33.7 Å². The quantitative estimate of drug-likeness (QED) is 0.557. The highest BCUT2D eigenvalue weighted by Gasteiger charge is 2.18. The van der Waals surface area contributed by atoms with E-state index in [-0.39, 0.29) is 5.96 Å². The van der Waals surface area contributed by atoms with Gasteiger partial charge in [-0.1, -0.05) is 18.2 Å². The topological polar surface area (TPSA) is 98.8 Å². The van der Waals surface area contributed by atoms with Crippen LogP contribution in [-0.4, -0.2) is 31.1 Å². The van der Waals surface area contributed by atoms with Gasteiger partial charge in [-0.05, 0) is 30.3 Å². The minimum atomic E-state index is -0.416. The Morgan fingerprint density at radius 1 is 1.04 bits per heavy atom. The number of para-hydroxylation sites is 1. The van der Waals surface area contributed by atoms with Crippen molar-refractivity contribution in [2.75, 3.05) is 14.2 Å². The monoisotopic (exact) mass is 350 g/mol. The number of aliphatic imine (C=N–C) groups is 1. The smallest absolute Gasteiger partial charge is 0.258 e. The largest absolute Gasteiger partial charge is 0.496 e. The number of pyridine rings is 1. The third-order valence-electron chi connectivity index (χ3n) is 3.75. The highest BCUT2D eigenvalue weighted by Crippen LogP contribution is 2.33. The number of amides is 1. The van der Waals surface area contributed by atoms with E-state index in [0.717, 1.165) is 0 Å². The normalized spacial score (nSPS) is 11.2. The van der Waals surface area contributed by atoms with Gasteiger partial charge in [-0.3, -0.25) is 15.1 Å². The molecule has 0 atom stereocenters. The lowest BCUT2D eigenvalue weighted by Crippen LogP contribution is -2.36. The van der Waals surface area contributed by atoms with Gasteiger partial charge in [0.25, 0.3) is 5.91 Å². The van der Waals surface area contributed by atoms with Crippen molar-refractivity contribution in [3.05, 3.63) is 60.3 Å². The Morgan fingerprint density at radius 3 is 2.42 bits per heavy atom. The zero-order valence-corrected chi connectivity index (χ0v) is 14.4. The molecule has 26 heavy (non-hydrogen) atoms. The number of hydrogen-bond donors (Lipinski definition) is 2. The van der Waals surface area contributed by atoms with Gasteiger partial charge in [0.1, 0.15) is 17.0 Å². The Labute approximate surface area is 150 Å². The summed E-state index contributed by atoms with van der Waals surface area (Å²) in [5, 5.41) is 3.13. The molecular formula is C19H18N4O3. The van der Waals surface area contributed by atoms with Crippen LogP contribution < -0.4 is 20.5 Å². The van der Waals surface area contributed by atoms with Crippen molar-refractivity contribution in [1.29, 1.82) is 0 Å². The number of hydrogen-bond acceptors (Lipinski definition) is 5. The van der Waals surface area contributed by atoms with Gasteiger partial charge >= 0.3 is 0 Å². The van der Waals surface area contributed by atoms with Crippen LogP contribution in [0.1, 0.15) is 10.4 Å². The van der Waals surface area contributed by atoms with Crippen LogP contribution in [0.3, 0.4) is 0 Å². The summed E-state index contributed by atoms with van der Waals surface area (Å²) in [4.78, 5) is 21.2. The molecule has 0 unspecified atom stereocenters. The third-order valence-corrected chi connectivity index (χ3v) is 3.75. The molecule has 0 aliphatic heterocycles. The van der Waals surface area contributed by atoms with Gasteiger partial charge < -0.3 is 15.2 Å². The molecule has 3 rings (SSSR count). The van der Waals surface area contributed by atoms with Gasteiger partial charge in [-0.15, -0.1) is 0 Å². The number of nitrogens with two attached hydrogens (primary N) is 1. The molecule has 3 aromatic rings. The molecule has 1 amide bonds. The molecular weight excluding hydrogens is 332 g/mol. The molecule has 0 aliphatic rings. The van der Waals surface area contributed by atoms with Crippen molar-refractivity contribution in [3.63, 3.8) is 0 Å². The van der Waals surface area contributed by atoms with Crippen LogP contribution in [-0.2, 0) is 0 Å². The van der Waals surface area contributed by atoms with Gasteiger partial charge in [-0.25, -0.2) is 4.99 Å². The first-order chi connectivity index (χ1) is 12.6. The minimum Gasteiger partial charge on any atom is -0.496 e. The lowest BCUT2D eigenvalue weighted by molar-refractivity contribution is 0.0978. The lowest BCUT2D eigenvalue weighted by Gasteiger charge is -2.12. The predicted octanol–water partition coefficient (Wildman–Crippen LogP) is 2.63. The number of nitrogens with one attached hydrogen (secondary N) is 1. The number of fused-ring (bicyclic) bond motifs is 1. The molecule has 0 fully saturated rings. The first-order valence-electron chi connectivity index (χ1n) is 7.84. The number of aromatic nitrogens is 1. The fourth-order valence-corrected chi connectivity index (χ4v) is 2.59. The molecule has 7 heteroatoms. The average molecular weight is 350 g/mol. The second kappa shape index (κ2) is 7.52. The fourth-order valence-electron chi connectivity index (χ4n) is 2.59. The van der Waals surface area contributed by atoms with E-state index < -0.39 is 5.91 Å². The zero-order chi connectivity index (χ0) is 18.5. The van der Waals surface area contributed by atoms with Crippen LogP contribution in [0, 0.1) is 0 Å². The van der Waals surface area contributed by atoms with Crippen molar-refractivity contribution >= 4 is 28.5 Å². The van der Waals surface area contributed by atoms with Crippen LogP contribution in [0.5, 0.6) is 11.5 Å². The molecule has 0 saturated heterocycles. The van der Waals surface area contributed by atoms with E-state index in [2.05, 4.69) is 15.3 Å². The van der Waals surface area contributed by atoms with Gasteiger partial charge in [0.2, 0.25) is 5.96 Å². The number of rotatable bonds is 4. The van der Waals surface area contributed by atoms with E-state index in [1.54, 1.807) is 37.4 Å². The van der Waals surface area contributed by atoms with E-state index in [4.69, 9.17) is 15.2 Å². The second-order valence-electron chi connectivity index (χ2n) is 5.34. The van der Waals surface area contributed by atoms with Crippen LogP contribution in [0.15, 0.2) is 59.7 Å². The maximum Gasteiger partial charge on any atom is 0.258 e. The highest BCUT2D eigenvalue weighted by atomic mass is 16.5. The van der Waals surface area contributed by atoms with Crippen LogP contribution in [0.4, 0.5) is 5.69 Å². The maximum atomic E-state index is 12.7. The Bertz CT molecular complexity index is 971. The van der Waals surface area contributed by atoms with Crippen LogP contribution >= 0.6 is 0 Å². The summed E-state index contributed by atoms with van der Waals surface area (Å²) in [6, 6.07) is 14.2. The SMILES string of the molecule is COc1ccc(OC)c2c(C(=O)NC(N)=Nc3ccccc3)ccnc12. The fraction of sp³-hybridized carbons (Fsp3) is 0.105. The van der Waals surface area contributed by atoms with Crippen molar-refractivity contribution in [3.8, 4) is 11.5 Å². The van der Waals surface area contributed by atoms with E-state index in [1.165, 1.54) is 13.3 Å². The number of carbonyl (C=O) groups is 1. The Morgan fingerprint density at radius 2 is 1.73 bits per heavy atom. The van der Waals surface area contributed by atoms with E-state index in [9.17, 15) is 4.79 Å². The maximum absolute atomic E-state index is 12.7. The molecule has 0 aliphatic carbocycles. The molecule has 1 heterocycles. The van der Waals surface area contributed by atoms with Crippen molar-refractivity contribution in [2.45, 2.75) is 0 Å². The lowest BCUT2D eigenvalue weighted by atomic mass is 10.1. The molecule has 3 N–H and O–H groups in total. The molecule has 0 radical (unpaired) electrons. The zero-order valence-electron chi connectivity index (χ0n) is 14.4. The number of methoxy groups -OCH3 is 2. The molecule has 0 bridgehead atoms. The predicted molar refractivity (Wildman–Crippen MR) is 100 cm³/mol. The Kier molecular flexibility index (Phi) is 4.98. The number of benzene rings is 2. The summed E-state index contributed by atoms with van der Waals surface area (Å²) >= 11 is 0. The summed E-state index contributed by atoms with van der Waals surface area (Å²) in [5.41, 5.74) is 7.39. The summed E-state index contributed by atoms with van der Waals surface area (Å²) < 4.78 is 10.7. The number of guanidine groups is 1. The number of carbonyl (C=O) groups excluding carboxylic acids is 1. The molecule has 7 nitrogen and oxygen atoms in total. The van der Waals surface area contributed by atoms with Gasteiger partial charge in [0.15, 0.2) is 0 Å². The minimum absolute atomic E-state index is 0.00646. The number of nitrogens with zero attached hydrogens (tertiary/aromatic N) is 2. The van der Waals surface area contributed by atoms with Crippen molar-refractivity contribution in [1.82, 2.24) is 10.3 Å². The second-order valence-corrected chi connectivity index (χ2v) is 5.34. The Balaban J connectivity index is 1.99. The molecule has 1 aromatic heterocycles. The van der Waals surface area contributed by atoms with E-state index in [1.807, 2.05) is 18.2 Å². The highest BCUT2D eigenvalue weighted by molar-refractivity contribution is 6.14. The summed E-state index contributed by atoms with van der Waals surface area (Å²) in [6.07, 6.45) is 1.53. The van der Waals surface area contributed by atoms with Crippen molar-refractivity contribution in [2.24, 2.45) is 10.7 Å². The molecule has 132 valence electrons. The molecule has 0 spiro atoms. The third kappa shape index (κ3) is 3.41. The van der Waals surface area contributed by atoms with E-state index >= 15 is 0 Å². The summed E-state index contributed by atoms with van der Waals surface area (Å²) in [5.74, 6) is 0.633. The Hall–Kier alpha value is -3.61.